The average molecular weight is 250 g/mol. The van der Waals surface area contributed by atoms with Crippen LogP contribution in [-0.2, 0) is 11.2 Å². The van der Waals surface area contributed by atoms with Gasteiger partial charge in [-0.15, -0.1) is 5.10 Å². The Morgan fingerprint density at radius 2 is 2.39 bits per heavy atom. The number of aryl methyl sites for hydroxylation is 1. The van der Waals surface area contributed by atoms with Crippen LogP contribution in [0.4, 0.5) is 5.88 Å². The molecule has 0 unspecified atom stereocenters. The molecule has 1 N–H and O–H groups in total. The van der Waals surface area contributed by atoms with Crippen LogP contribution < -0.4 is 5.32 Å². The van der Waals surface area contributed by atoms with Gasteiger partial charge < -0.3 is 4.52 Å². The lowest BCUT2D eigenvalue weighted by molar-refractivity contribution is -0.119. The lowest BCUT2D eigenvalue weighted by atomic mass is 10.2. The smallest absolute Gasteiger partial charge is 0.251 e. The molecule has 0 aliphatic heterocycles. The van der Waals surface area contributed by atoms with E-state index in [-0.39, 0.29) is 5.91 Å². The molecule has 0 aliphatic rings. The molecule has 0 saturated heterocycles. The predicted octanol–water partition coefficient (Wildman–Crippen LogP) is 0.732. The van der Waals surface area contributed by atoms with Crippen molar-refractivity contribution >= 4 is 11.8 Å². The van der Waals surface area contributed by atoms with Crippen molar-refractivity contribution in [2.24, 2.45) is 0 Å². The molecule has 8 heteroatoms. The molecule has 0 fully saturated rings. The zero-order valence-corrected chi connectivity index (χ0v) is 10.4. The SMILES string of the molecule is CCc1noc(NC(=O)[C@H](C)n2cnnn2)c1C. The van der Waals surface area contributed by atoms with Crippen LogP contribution in [0.5, 0.6) is 0 Å². The largest absolute Gasteiger partial charge is 0.338 e. The molecule has 2 aromatic heterocycles. The van der Waals surface area contributed by atoms with Crippen molar-refractivity contribution in [1.82, 2.24) is 25.4 Å². The molecule has 0 radical (unpaired) electrons. The van der Waals surface area contributed by atoms with E-state index in [0.29, 0.717) is 5.88 Å². The Morgan fingerprint density at radius 3 is 2.94 bits per heavy atom. The standard InChI is InChI=1S/C10H14N6O2/c1-4-8-6(2)10(18-13-8)12-9(17)7(3)16-5-11-14-15-16/h5,7H,4H2,1-3H3,(H,12,17)/t7-/m0/s1. The van der Waals surface area contributed by atoms with Crippen molar-refractivity contribution in [1.29, 1.82) is 0 Å². The summed E-state index contributed by atoms with van der Waals surface area (Å²) in [6.07, 6.45) is 2.14. The van der Waals surface area contributed by atoms with E-state index >= 15 is 0 Å². The predicted molar refractivity (Wildman–Crippen MR) is 61.8 cm³/mol. The highest BCUT2D eigenvalue weighted by Crippen LogP contribution is 2.19. The maximum atomic E-state index is 11.9. The molecule has 2 rings (SSSR count). The molecule has 0 bridgehead atoms. The van der Waals surface area contributed by atoms with Crippen molar-refractivity contribution in [2.75, 3.05) is 5.32 Å². The third kappa shape index (κ3) is 2.22. The Bertz CT molecular complexity index is 533. The number of carbonyl (C=O) groups is 1. The van der Waals surface area contributed by atoms with Crippen molar-refractivity contribution in [3.05, 3.63) is 17.6 Å². The first-order chi connectivity index (χ1) is 8.63. The number of aromatic nitrogens is 5. The van der Waals surface area contributed by atoms with Crippen LogP contribution in [0, 0.1) is 6.92 Å². The van der Waals surface area contributed by atoms with E-state index in [0.717, 1.165) is 17.7 Å². The van der Waals surface area contributed by atoms with Gasteiger partial charge in [-0.1, -0.05) is 12.1 Å². The minimum Gasteiger partial charge on any atom is -0.338 e. The summed E-state index contributed by atoms with van der Waals surface area (Å²) in [5, 5.41) is 17.2. The minimum absolute atomic E-state index is 0.260. The van der Waals surface area contributed by atoms with E-state index < -0.39 is 6.04 Å². The number of nitrogens with zero attached hydrogens (tertiary/aromatic N) is 5. The van der Waals surface area contributed by atoms with Crippen LogP contribution in [0.3, 0.4) is 0 Å². The quantitative estimate of drug-likeness (QED) is 0.858. The highest BCUT2D eigenvalue weighted by Gasteiger charge is 2.19. The first-order valence-corrected chi connectivity index (χ1v) is 5.62. The van der Waals surface area contributed by atoms with E-state index in [4.69, 9.17) is 4.52 Å². The molecular weight excluding hydrogens is 236 g/mol. The second kappa shape index (κ2) is 4.94. The first-order valence-electron chi connectivity index (χ1n) is 5.62. The fourth-order valence-electron chi connectivity index (χ4n) is 1.50. The van der Waals surface area contributed by atoms with Crippen LogP contribution in [-0.4, -0.2) is 31.3 Å². The van der Waals surface area contributed by atoms with Crippen LogP contribution in [0.25, 0.3) is 0 Å². The lowest BCUT2D eigenvalue weighted by Crippen LogP contribution is -2.24. The molecule has 18 heavy (non-hydrogen) atoms. The molecule has 1 atom stereocenters. The molecule has 0 saturated carbocycles. The summed E-state index contributed by atoms with van der Waals surface area (Å²) in [5.74, 6) is 0.112. The van der Waals surface area contributed by atoms with Gasteiger partial charge in [0.15, 0.2) is 0 Å². The van der Waals surface area contributed by atoms with Crippen molar-refractivity contribution in [3.8, 4) is 0 Å². The van der Waals surface area contributed by atoms with Crippen LogP contribution >= 0.6 is 0 Å². The van der Waals surface area contributed by atoms with Gasteiger partial charge in [-0.05, 0) is 30.7 Å². The number of rotatable bonds is 4. The zero-order valence-electron chi connectivity index (χ0n) is 10.4. The molecule has 0 aliphatic carbocycles. The third-order valence-corrected chi connectivity index (χ3v) is 2.73. The topological polar surface area (TPSA) is 98.7 Å². The van der Waals surface area contributed by atoms with Gasteiger partial charge in [-0.25, -0.2) is 4.68 Å². The summed E-state index contributed by atoms with van der Waals surface area (Å²) >= 11 is 0. The summed E-state index contributed by atoms with van der Waals surface area (Å²) in [4.78, 5) is 11.9. The van der Waals surface area contributed by atoms with E-state index in [1.807, 2.05) is 13.8 Å². The maximum Gasteiger partial charge on any atom is 0.251 e. The summed E-state index contributed by atoms with van der Waals surface area (Å²) in [5.41, 5.74) is 1.68. The van der Waals surface area contributed by atoms with Crippen molar-refractivity contribution in [2.45, 2.75) is 33.2 Å². The van der Waals surface area contributed by atoms with Crippen LogP contribution in [0.15, 0.2) is 10.9 Å². The van der Waals surface area contributed by atoms with Gasteiger partial charge in [0.25, 0.3) is 5.91 Å². The van der Waals surface area contributed by atoms with E-state index in [9.17, 15) is 4.79 Å². The number of nitrogens with one attached hydrogen (secondary N) is 1. The number of anilines is 1. The monoisotopic (exact) mass is 250 g/mol. The first kappa shape index (κ1) is 12.2. The number of hydrogen-bond acceptors (Lipinski definition) is 6. The fraction of sp³-hybridized carbons (Fsp3) is 0.500. The van der Waals surface area contributed by atoms with Crippen molar-refractivity contribution < 1.29 is 9.32 Å². The van der Waals surface area contributed by atoms with E-state index in [1.54, 1.807) is 6.92 Å². The number of tetrazole rings is 1. The molecule has 96 valence electrons. The van der Waals surface area contributed by atoms with Gasteiger partial charge in [-0.2, -0.15) is 0 Å². The highest BCUT2D eigenvalue weighted by atomic mass is 16.5. The van der Waals surface area contributed by atoms with Crippen molar-refractivity contribution in [3.63, 3.8) is 0 Å². The van der Waals surface area contributed by atoms with Crippen LogP contribution in [0.1, 0.15) is 31.1 Å². The normalized spacial score (nSPS) is 12.4. The Labute approximate surface area is 103 Å². The highest BCUT2D eigenvalue weighted by molar-refractivity contribution is 5.92. The fourth-order valence-corrected chi connectivity index (χ4v) is 1.50. The third-order valence-electron chi connectivity index (χ3n) is 2.73. The Balaban J connectivity index is 2.09. The molecule has 0 aromatic carbocycles. The van der Waals surface area contributed by atoms with Gasteiger partial charge in [-0.3, -0.25) is 10.1 Å². The number of carbonyl (C=O) groups excluding carboxylic acids is 1. The minimum atomic E-state index is -0.519. The summed E-state index contributed by atoms with van der Waals surface area (Å²) in [7, 11) is 0. The average Bonchev–Trinajstić information content (AvgIpc) is 2.99. The van der Waals surface area contributed by atoms with Crippen LogP contribution in [0.2, 0.25) is 0 Å². The van der Waals surface area contributed by atoms with Gasteiger partial charge >= 0.3 is 0 Å². The van der Waals surface area contributed by atoms with Gasteiger partial charge in [0, 0.05) is 5.56 Å². The van der Waals surface area contributed by atoms with E-state index in [1.165, 1.54) is 11.0 Å². The Hall–Kier alpha value is -2.25. The zero-order chi connectivity index (χ0) is 13.1. The number of amides is 1. The second-order valence-electron chi connectivity index (χ2n) is 3.89. The Kier molecular flexibility index (Phi) is 3.35. The second-order valence-corrected chi connectivity index (χ2v) is 3.89. The molecular formula is C10H14N6O2. The summed E-state index contributed by atoms with van der Waals surface area (Å²) in [6.45, 7) is 5.52. The summed E-state index contributed by atoms with van der Waals surface area (Å²) < 4.78 is 6.44. The van der Waals surface area contributed by atoms with Gasteiger partial charge in [0.1, 0.15) is 12.4 Å². The lowest BCUT2D eigenvalue weighted by Gasteiger charge is -2.09. The molecule has 2 heterocycles. The summed E-state index contributed by atoms with van der Waals surface area (Å²) in [6, 6.07) is -0.519. The maximum absolute atomic E-state index is 11.9. The van der Waals surface area contributed by atoms with Gasteiger partial charge in [0.2, 0.25) is 5.88 Å². The van der Waals surface area contributed by atoms with Gasteiger partial charge in [0.05, 0.1) is 5.69 Å². The van der Waals surface area contributed by atoms with E-state index in [2.05, 4.69) is 26.0 Å². The molecule has 2 aromatic rings. The number of hydrogen-bond donors (Lipinski definition) is 1. The Morgan fingerprint density at radius 1 is 1.61 bits per heavy atom. The molecule has 1 amide bonds. The molecule has 0 spiro atoms. The molecule has 8 nitrogen and oxygen atoms in total.